The van der Waals surface area contributed by atoms with Crippen LogP contribution in [0.3, 0.4) is 0 Å². The lowest BCUT2D eigenvalue weighted by Gasteiger charge is -2.14. The molecule has 0 aliphatic heterocycles. The molecule has 0 amide bonds. The number of hydrogen-bond acceptors (Lipinski definition) is 2. The van der Waals surface area contributed by atoms with Crippen molar-refractivity contribution < 1.29 is 9.84 Å². The molecule has 1 atom stereocenters. The summed E-state index contributed by atoms with van der Waals surface area (Å²) in [6.07, 6.45) is -0.598. The third-order valence-electron chi connectivity index (χ3n) is 3.03. The molecule has 0 spiro atoms. The van der Waals surface area contributed by atoms with E-state index in [4.69, 9.17) is 4.74 Å². The quantitative estimate of drug-likeness (QED) is 0.903. The van der Waals surface area contributed by atoms with Gasteiger partial charge in [0.15, 0.2) is 0 Å². The molecular weight excluding hydrogens is 236 g/mol. The zero-order valence-electron chi connectivity index (χ0n) is 11.7. The number of rotatable bonds is 4. The minimum absolute atomic E-state index is 0.270. The van der Waals surface area contributed by atoms with Crippen LogP contribution in [0.15, 0.2) is 42.5 Å². The van der Waals surface area contributed by atoms with Gasteiger partial charge in [-0.25, -0.2) is 0 Å². The summed E-state index contributed by atoms with van der Waals surface area (Å²) >= 11 is 0. The third-order valence-corrected chi connectivity index (χ3v) is 3.03. The fourth-order valence-corrected chi connectivity index (χ4v) is 2.18. The average molecular weight is 256 g/mol. The summed E-state index contributed by atoms with van der Waals surface area (Å²) in [5.41, 5.74) is 4.37. The first-order valence-corrected chi connectivity index (χ1v) is 6.50. The molecule has 0 fully saturated rings. The molecule has 0 radical (unpaired) electrons. The Morgan fingerprint density at radius 1 is 0.947 bits per heavy atom. The van der Waals surface area contributed by atoms with E-state index in [0.717, 1.165) is 28.0 Å². The van der Waals surface area contributed by atoms with Crippen LogP contribution < -0.4 is 4.74 Å². The second-order valence-corrected chi connectivity index (χ2v) is 5.06. The Morgan fingerprint density at radius 3 is 2.26 bits per heavy atom. The molecule has 1 unspecified atom stereocenters. The molecular formula is C17H20O2. The Hall–Kier alpha value is -1.80. The van der Waals surface area contributed by atoms with Gasteiger partial charge in [0.05, 0.1) is 0 Å². The molecule has 0 aliphatic rings. The van der Waals surface area contributed by atoms with Crippen LogP contribution in [-0.2, 0) is 0 Å². The predicted octanol–water partition coefficient (Wildman–Crippen LogP) is 3.72. The van der Waals surface area contributed by atoms with Crippen LogP contribution >= 0.6 is 0 Å². The van der Waals surface area contributed by atoms with E-state index in [1.54, 1.807) is 0 Å². The molecule has 2 aromatic rings. The van der Waals surface area contributed by atoms with Gasteiger partial charge in [-0.2, -0.15) is 0 Å². The zero-order valence-corrected chi connectivity index (χ0v) is 11.7. The Bertz CT molecular complexity index is 541. The first-order valence-electron chi connectivity index (χ1n) is 6.50. The summed E-state index contributed by atoms with van der Waals surface area (Å²) in [5, 5.41) is 10.2. The monoisotopic (exact) mass is 256 g/mol. The Labute approximate surface area is 114 Å². The summed E-state index contributed by atoms with van der Waals surface area (Å²) in [4.78, 5) is 0. The minimum atomic E-state index is -0.598. The number of benzene rings is 2. The average Bonchev–Trinajstić information content (AvgIpc) is 2.35. The van der Waals surface area contributed by atoms with Crippen molar-refractivity contribution in [2.75, 3.05) is 6.61 Å². The maximum Gasteiger partial charge on any atom is 0.119 e. The van der Waals surface area contributed by atoms with Crippen molar-refractivity contribution in [1.29, 1.82) is 0 Å². The lowest BCUT2D eigenvalue weighted by Crippen LogP contribution is -2.10. The van der Waals surface area contributed by atoms with E-state index in [-0.39, 0.29) is 6.61 Å². The minimum Gasteiger partial charge on any atom is -0.491 e. The van der Waals surface area contributed by atoms with Crippen LogP contribution in [0.5, 0.6) is 5.75 Å². The molecule has 0 saturated carbocycles. The van der Waals surface area contributed by atoms with Gasteiger partial charge in [-0.3, -0.25) is 0 Å². The maximum absolute atomic E-state index is 10.2. The van der Waals surface area contributed by atoms with Crippen molar-refractivity contribution in [2.24, 2.45) is 0 Å². The molecule has 19 heavy (non-hydrogen) atoms. The molecule has 0 saturated heterocycles. The van der Waals surface area contributed by atoms with Crippen molar-refractivity contribution in [1.82, 2.24) is 0 Å². The normalized spacial score (nSPS) is 12.2. The SMILES string of the molecule is Cc1cccc(OCC(O)c2cc(C)cc(C)c2)c1. The first kappa shape index (κ1) is 13.6. The van der Waals surface area contributed by atoms with Crippen LogP contribution in [0.4, 0.5) is 0 Å². The van der Waals surface area contributed by atoms with Gasteiger partial charge in [-0.05, 0) is 44.0 Å². The highest BCUT2D eigenvalue weighted by Crippen LogP contribution is 2.19. The second-order valence-electron chi connectivity index (χ2n) is 5.06. The highest BCUT2D eigenvalue weighted by atomic mass is 16.5. The number of ether oxygens (including phenoxy) is 1. The Kier molecular flexibility index (Phi) is 4.23. The van der Waals surface area contributed by atoms with E-state index in [1.807, 2.05) is 57.2 Å². The zero-order chi connectivity index (χ0) is 13.8. The van der Waals surface area contributed by atoms with Crippen molar-refractivity contribution in [3.63, 3.8) is 0 Å². The van der Waals surface area contributed by atoms with Crippen LogP contribution in [0.25, 0.3) is 0 Å². The van der Waals surface area contributed by atoms with Crippen molar-refractivity contribution in [3.05, 3.63) is 64.7 Å². The summed E-state index contributed by atoms with van der Waals surface area (Å²) in [6, 6.07) is 13.9. The summed E-state index contributed by atoms with van der Waals surface area (Å²) in [6.45, 7) is 6.36. The largest absolute Gasteiger partial charge is 0.491 e. The molecule has 1 N–H and O–H groups in total. The van der Waals surface area contributed by atoms with E-state index >= 15 is 0 Å². The summed E-state index contributed by atoms with van der Waals surface area (Å²) < 4.78 is 5.63. The fraction of sp³-hybridized carbons (Fsp3) is 0.294. The van der Waals surface area contributed by atoms with Gasteiger partial charge in [0.2, 0.25) is 0 Å². The van der Waals surface area contributed by atoms with Gasteiger partial charge in [0.25, 0.3) is 0 Å². The van der Waals surface area contributed by atoms with E-state index in [1.165, 1.54) is 0 Å². The number of hydrogen-bond donors (Lipinski definition) is 1. The van der Waals surface area contributed by atoms with Crippen molar-refractivity contribution >= 4 is 0 Å². The number of aliphatic hydroxyl groups is 1. The molecule has 0 heterocycles. The van der Waals surface area contributed by atoms with Gasteiger partial charge in [0, 0.05) is 0 Å². The van der Waals surface area contributed by atoms with Crippen LogP contribution in [0.1, 0.15) is 28.4 Å². The van der Waals surface area contributed by atoms with Gasteiger partial charge in [-0.15, -0.1) is 0 Å². The maximum atomic E-state index is 10.2. The van der Waals surface area contributed by atoms with Crippen LogP contribution in [-0.4, -0.2) is 11.7 Å². The Balaban J connectivity index is 2.03. The van der Waals surface area contributed by atoms with Crippen LogP contribution in [0, 0.1) is 20.8 Å². The third kappa shape index (κ3) is 3.83. The van der Waals surface area contributed by atoms with E-state index in [9.17, 15) is 5.11 Å². The van der Waals surface area contributed by atoms with Gasteiger partial charge >= 0.3 is 0 Å². The number of aryl methyl sites for hydroxylation is 3. The molecule has 2 nitrogen and oxygen atoms in total. The van der Waals surface area contributed by atoms with Gasteiger partial charge in [-0.1, -0.05) is 41.5 Å². The van der Waals surface area contributed by atoms with E-state index in [2.05, 4.69) is 6.07 Å². The summed E-state index contributed by atoms with van der Waals surface area (Å²) in [7, 11) is 0. The lowest BCUT2D eigenvalue weighted by atomic mass is 10.0. The number of aliphatic hydroxyl groups excluding tert-OH is 1. The second kappa shape index (κ2) is 5.89. The molecule has 0 aromatic heterocycles. The molecule has 2 aromatic carbocycles. The fourth-order valence-electron chi connectivity index (χ4n) is 2.18. The Morgan fingerprint density at radius 2 is 1.63 bits per heavy atom. The van der Waals surface area contributed by atoms with Crippen molar-refractivity contribution in [2.45, 2.75) is 26.9 Å². The van der Waals surface area contributed by atoms with Gasteiger partial charge in [0.1, 0.15) is 18.5 Å². The van der Waals surface area contributed by atoms with Crippen molar-refractivity contribution in [3.8, 4) is 5.75 Å². The van der Waals surface area contributed by atoms with Crippen LogP contribution in [0.2, 0.25) is 0 Å². The predicted molar refractivity (Wildman–Crippen MR) is 77.5 cm³/mol. The molecule has 2 heteroatoms. The molecule has 100 valence electrons. The topological polar surface area (TPSA) is 29.5 Å². The first-order chi connectivity index (χ1) is 9.04. The molecule has 0 aliphatic carbocycles. The smallest absolute Gasteiger partial charge is 0.119 e. The highest BCUT2D eigenvalue weighted by molar-refractivity contribution is 5.31. The molecule has 2 rings (SSSR count). The summed E-state index contributed by atoms with van der Waals surface area (Å²) in [5.74, 6) is 0.795. The standard InChI is InChI=1S/C17H20O2/c1-12-5-4-6-16(10-12)19-11-17(18)15-8-13(2)7-14(3)9-15/h4-10,17-18H,11H2,1-3H3. The molecule has 0 bridgehead atoms. The van der Waals surface area contributed by atoms with E-state index < -0.39 is 6.10 Å². The lowest BCUT2D eigenvalue weighted by molar-refractivity contribution is 0.108. The highest BCUT2D eigenvalue weighted by Gasteiger charge is 2.09. The van der Waals surface area contributed by atoms with Gasteiger partial charge < -0.3 is 9.84 Å². The van der Waals surface area contributed by atoms with E-state index in [0.29, 0.717) is 0 Å².